The van der Waals surface area contributed by atoms with Crippen LogP contribution in [0.1, 0.15) is 23.4 Å². The fourth-order valence-corrected chi connectivity index (χ4v) is 1.99. The van der Waals surface area contributed by atoms with Crippen LogP contribution in [0.2, 0.25) is 0 Å². The summed E-state index contributed by atoms with van der Waals surface area (Å²) in [6.07, 6.45) is 0.434. The predicted molar refractivity (Wildman–Crippen MR) is 72.3 cm³/mol. The van der Waals surface area contributed by atoms with Crippen molar-refractivity contribution >= 4 is 18.3 Å². The van der Waals surface area contributed by atoms with Crippen molar-refractivity contribution in [2.75, 3.05) is 19.8 Å². The predicted octanol–water partition coefficient (Wildman–Crippen LogP) is 0.708. The van der Waals surface area contributed by atoms with E-state index in [9.17, 15) is 4.79 Å². The van der Waals surface area contributed by atoms with Gasteiger partial charge in [0.2, 0.25) is 5.91 Å². The van der Waals surface area contributed by atoms with Gasteiger partial charge >= 0.3 is 0 Å². The van der Waals surface area contributed by atoms with Crippen LogP contribution >= 0.6 is 12.4 Å². The first-order chi connectivity index (χ1) is 8.66. The molecule has 7 heteroatoms. The third kappa shape index (κ3) is 4.49. The number of hydrogen-bond donors (Lipinski definition) is 2. The van der Waals surface area contributed by atoms with Crippen molar-refractivity contribution in [3.63, 3.8) is 0 Å². The molecule has 0 saturated carbocycles. The number of halogens is 1. The summed E-state index contributed by atoms with van der Waals surface area (Å²) in [5, 5.41) is 9.98. The Morgan fingerprint density at radius 3 is 2.89 bits per heavy atom. The van der Waals surface area contributed by atoms with Gasteiger partial charge in [0.25, 0.3) is 0 Å². The Hall–Kier alpha value is -1.11. The van der Waals surface area contributed by atoms with Crippen molar-refractivity contribution in [3.05, 3.63) is 17.0 Å². The van der Waals surface area contributed by atoms with Gasteiger partial charge in [0.05, 0.1) is 18.9 Å². The Bertz CT molecular complexity index is 397. The molecule has 1 aliphatic heterocycles. The number of carbonyl (C=O) groups is 1. The van der Waals surface area contributed by atoms with E-state index in [2.05, 4.69) is 15.8 Å². The molecule has 0 aliphatic carbocycles. The summed E-state index contributed by atoms with van der Waals surface area (Å²) >= 11 is 0. The summed E-state index contributed by atoms with van der Waals surface area (Å²) in [6, 6.07) is 0.114. The number of aromatic nitrogens is 1. The molecule has 1 saturated heterocycles. The third-order valence-corrected chi connectivity index (χ3v) is 3.07. The van der Waals surface area contributed by atoms with Crippen molar-refractivity contribution in [2.45, 2.75) is 32.9 Å². The van der Waals surface area contributed by atoms with E-state index in [0.29, 0.717) is 19.6 Å². The number of rotatable bonds is 4. The smallest absolute Gasteiger partial charge is 0.221 e. The van der Waals surface area contributed by atoms with Gasteiger partial charge in [0.15, 0.2) is 0 Å². The molecular weight excluding hydrogens is 270 g/mol. The molecule has 1 unspecified atom stereocenters. The Labute approximate surface area is 118 Å². The molecule has 0 radical (unpaired) electrons. The lowest BCUT2D eigenvalue weighted by Gasteiger charge is -2.23. The number of nitrogens with zero attached hydrogens (tertiary/aromatic N) is 1. The van der Waals surface area contributed by atoms with Crippen LogP contribution in [0.25, 0.3) is 0 Å². The standard InChI is InChI=1S/C12H19N3O3.ClH/c1-8-11(9(2)18-15-8)6-14-12(16)5-10-7-17-4-3-13-10;/h10,13H,3-7H2,1-2H3,(H,14,16);1H. The van der Waals surface area contributed by atoms with Crippen LogP contribution in [-0.2, 0) is 16.1 Å². The van der Waals surface area contributed by atoms with Gasteiger partial charge in [0.1, 0.15) is 5.76 Å². The minimum atomic E-state index is 0. The highest BCUT2D eigenvalue weighted by atomic mass is 35.5. The number of amides is 1. The molecule has 1 aliphatic rings. The minimum Gasteiger partial charge on any atom is -0.378 e. The van der Waals surface area contributed by atoms with E-state index in [4.69, 9.17) is 9.26 Å². The average molecular weight is 290 g/mol. The molecule has 108 valence electrons. The lowest BCUT2D eigenvalue weighted by atomic mass is 10.1. The van der Waals surface area contributed by atoms with Crippen LogP contribution in [0.3, 0.4) is 0 Å². The van der Waals surface area contributed by atoms with Crippen LogP contribution in [0.4, 0.5) is 0 Å². The molecule has 6 nitrogen and oxygen atoms in total. The fraction of sp³-hybridized carbons (Fsp3) is 0.667. The second-order valence-electron chi connectivity index (χ2n) is 4.51. The van der Waals surface area contributed by atoms with Gasteiger partial charge in [0, 0.05) is 31.1 Å². The highest BCUT2D eigenvalue weighted by Gasteiger charge is 2.17. The maximum atomic E-state index is 11.8. The molecule has 1 atom stereocenters. The van der Waals surface area contributed by atoms with E-state index in [-0.39, 0.29) is 24.4 Å². The molecule has 2 rings (SSSR count). The summed E-state index contributed by atoms with van der Waals surface area (Å²) in [6.45, 7) is 6.30. The van der Waals surface area contributed by atoms with Crippen molar-refractivity contribution in [1.82, 2.24) is 15.8 Å². The lowest BCUT2D eigenvalue weighted by Crippen LogP contribution is -2.44. The SMILES string of the molecule is Cc1noc(C)c1CNC(=O)CC1COCCN1.Cl. The molecule has 0 aromatic carbocycles. The van der Waals surface area contributed by atoms with Crippen molar-refractivity contribution in [1.29, 1.82) is 0 Å². The second kappa shape index (κ2) is 7.47. The average Bonchev–Trinajstić information content (AvgIpc) is 2.68. The second-order valence-corrected chi connectivity index (χ2v) is 4.51. The number of carbonyl (C=O) groups excluding carboxylic acids is 1. The highest BCUT2D eigenvalue weighted by molar-refractivity contribution is 5.85. The van der Waals surface area contributed by atoms with E-state index < -0.39 is 0 Å². The minimum absolute atomic E-state index is 0. The van der Waals surface area contributed by atoms with Crippen molar-refractivity contribution < 1.29 is 14.1 Å². The monoisotopic (exact) mass is 289 g/mol. The topological polar surface area (TPSA) is 76.4 Å². The first-order valence-corrected chi connectivity index (χ1v) is 6.16. The van der Waals surface area contributed by atoms with Crippen LogP contribution in [0.15, 0.2) is 4.52 Å². The van der Waals surface area contributed by atoms with Crippen LogP contribution in [0.5, 0.6) is 0 Å². The molecule has 0 spiro atoms. The molecular formula is C12H20ClN3O3. The molecule has 1 aromatic heterocycles. The third-order valence-electron chi connectivity index (χ3n) is 3.07. The maximum Gasteiger partial charge on any atom is 0.221 e. The highest BCUT2D eigenvalue weighted by Crippen LogP contribution is 2.11. The van der Waals surface area contributed by atoms with E-state index in [1.807, 2.05) is 13.8 Å². The Balaban J connectivity index is 0.00000180. The van der Waals surface area contributed by atoms with Crippen LogP contribution in [0, 0.1) is 13.8 Å². The van der Waals surface area contributed by atoms with Crippen molar-refractivity contribution in [2.24, 2.45) is 0 Å². The maximum absolute atomic E-state index is 11.8. The molecule has 2 heterocycles. The normalized spacial score (nSPS) is 18.7. The largest absolute Gasteiger partial charge is 0.378 e. The Kier molecular flexibility index (Phi) is 6.27. The molecule has 0 bridgehead atoms. The summed E-state index contributed by atoms with van der Waals surface area (Å²) in [4.78, 5) is 11.8. The van der Waals surface area contributed by atoms with Gasteiger partial charge in [-0.05, 0) is 13.8 Å². The Morgan fingerprint density at radius 1 is 1.53 bits per heavy atom. The van der Waals surface area contributed by atoms with E-state index in [0.717, 1.165) is 30.2 Å². The number of morpholine rings is 1. The number of ether oxygens (including phenoxy) is 1. The number of nitrogens with one attached hydrogen (secondary N) is 2. The molecule has 1 fully saturated rings. The summed E-state index contributed by atoms with van der Waals surface area (Å²) < 4.78 is 10.3. The molecule has 1 aromatic rings. The summed E-state index contributed by atoms with van der Waals surface area (Å²) in [7, 11) is 0. The van der Waals surface area contributed by atoms with Gasteiger partial charge < -0.3 is 19.9 Å². The first-order valence-electron chi connectivity index (χ1n) is 6.16. The summed E-state index contributed by atoms with van der Waals surface area (Å²) in [5.74, 6) is 0.768. The van der Waals surface area contributed by atoms with Gasteiger partial charge in [-0.1, -0.05) is 5.16 Å². The Morgan fingerprint density at radius 2 is 2.32 bits per heavy atom. The van der Waals surface area contributed by atoms with Gasteiger partial charge in [-0.25, -0.2) is 0 Å². The molecule has 1 amide bonds. The summed E-state index contributed by atoms with van der Waals surface area (Å²) in [5.41, 5.74) is 1.78. The number of hydrogen-bond acceptors (Lipinski definition) is 5. The van der Waals surface area contributed by atoms with Gasteiger partial charge in [-0.2, -0.15) is 0 Å². The fourth-order valence-electron chi connectivity index (χ4n) is 1.99. The van der Waals surface area contributed by atoms with Gasteiger partial charge in [-0.15, -0.1) is 12.4 Å². The van der Waals surface area contributed by atoms with E-state index in [1.165, 1.54) is 0 Å². The van der Waals surface area contributed by atoms with E-state index in [1.54, 1.807) is 0 Å². The molecule has 2 N–H and O–H groups in total. The van der Waals surface area contributed by atoms with Crippen LogP contribution < -0.4 is 10.6 Å². The lowest BCUT2D eigenvalue weighted by molar-refractivity contribution is -0.122. The first kappa shape index (κ1) is 15.9. The van der Waals surface area contributed by atoms with Gasteiger partial charge in [-0.3, -0.25) is 4.79 Å². The van der Waals surface area contributed by atoms with E-state index >= 15 is 0 Å². The molecule has 19 heavy (non-hydrogen) atoms. The zero-order valence-electron chi connectivity index (χ0n) is 11.2. The quantitative estimate of drug-likeness (QED) is 0.854. The van der Waals surface area contributed by atoms with Crippen molar-refractivity contribution in [3.8, 4) is 0 Å². The zero-order valence-corrected chi connectivity index (χ0v) is 12.0. The zero-order chi connectivity index (χ0) is 13.0. The number of aryl methyl sites for hydroxylation is 2. The van der Waals surface area contributed by atoms with Crippen LogP contribution in [-0.4, -0.2) is 36.9 Å².